The van der Waals surface area contributed by atoms with Gasteiger partial charge in [0.15, 0.2) is 0 Å². The van der Waals surface area contributed by atoms with Crippen LogP contribution in [-0.4, -0.2) is 35.1 Å². The van der Waals surface area contributed by atoms with Gasteiger partial charge in [-0.1, -0.05) is 0 Å². The van der Waals surface area contributed by atoms with E-state index < -0.39 is 0 Å². The summed E-state index contributed by atoms with van der Waals surface area (Å²) in [5.74, 6) is -0.0104. The van der Waals surface area contributed by atoms with E-state index in [2.05, 4.69) is 0 Å². The molecule has 0 spiro atoms. The number of hydrogen-bond acceptors (Lipinski definition) is 3. The number of aliphatic hydroxyl groups is 1. The van der Waals surface area contributed by atoms with Crippen molar-refractivity contribution in [3.8, 4) is 0 Å². The van der Waals surface area contributed by atoms with Crippen molar-refractivity contribution in [1.29, 1.82) is 0 Å². The summed E-state index contributed by atoms with van der Waals surface area (Å²) in [5.41, 5.74) is 6.88. The van der Waals surface area contributed by atoms with Gasteiger partial charge in [0.05, 0.1) is 6.61 Å². The molecule has 4 nitrogen and oxygen atoms in total. The summed E-state index contributed by atoms with van der Waals surface area (Å²) in [5, 5.41) is 9.03. The lowest BCUT2D eigenvalue weighted by Gasteiger charge is -2.37. The molecule has 2 rings (SSSR count). The zero-order chi connectivity index (χ0) is 12.3. The van der Waals surface area contributed by atoms with Crippen LogP contribution in [-0.2, 0) is 0 Å². The molecule has 0 unspecified atom stereocenters. The average Bonchev–Trinajstić information content (AvgIpc) is 2.26. The van der Waals surface area contributed by atoms with Gasteiger partial charge in [-0.25, -0.2) is 0 Å². The first kappa shape index (κ1) is 11.9. The van der Waals surface area contributed by atoms with Crippen LogP contribution in [0.15, 0.2) is 24.3 Å². The topological polar surface area (TPSA) is 66.6 Å². The Kier molecular flexibility index (Phi) is 3.64. The molecule has 4 heteroatoms. The molecule has 1 saturated carbocycles. The Hall–Kier alpha value is -1.55. The molecule has 0 aromatic heterocycles. The van der Waals surface area contributed by atoms with Gasteiger partial charge in [0.2, 0.25) is 0 Å². The molecule has 1 aromatic carbocycles. The number of benzene rings is 1. The molecule has 1 aromatic rings. The third-order valence-electron chi connectivity index (χ3n) is 3.27. The van der Waals surface area contributed by atoms with E-state index in [-0.39, 0.29) is 12.5 Å². The van der Waals surface area contributed by atoms with E-state index in [1.165, 1.54) is 6.42 Å². The fourth-order valence-corrected chi connectivity index (χ4v) is 2.05. The average molecular weight is 234 g/mol. The van der Waals surface area contributed by atoms with E-state index in [4.69, 9.17) is 10.8 Å². The summed E-state index contributed by atoms with van der Waals surface area (Å²) in [4.78, 5) is 14.0. The molecular weight excluding hydrogens is 216 g/mol. The van der Waals surface area contributed by atoms with Crippen molar-refractivity contribution in [2.45, 2.75) is 25.3 Å². The van der Waals surface area contributed by atoms with Gasteiger partial charge in [-0.15, -0.1) is 0 Å². The maximum Gasteiger partial charge on any atom is 0.254 e. The molecule has 17 heavy (non-hydrogen) atoms. The highest BCUT2D eigenvalue weighted by Gasteiger charge is 2.28. The minimum absolute atomic E-state index is 0.0104. The van der Waals surface area contributed by atoms with Crippen LogP contribution in [0.25, 0.3) is 0 Å². The van der Waals surface area contributed by atoms with Gasteiger partial charge < -0.3 is 15.7 Å². The number of carbonyl (C=O) groups is 1. The largest absolute Gasteiger partial charge is 0.399 e. The van der Waals surface area contributed by atoms with Crippen molar-refractivity contribution in [2.24, 2.45) is 0 Å². The summed E-state index contributed by atoms with van der Waals surface area (Å²) in [6.45, 7) is 0.422. The van der Waals surface area contributed by atoms with Crippen LogP contribution < -0.4 is 5.73 Å². The van der Waals surface area contributed by atoms with Crippen LogP contribution in [0.3, 0.4) is 0 Å². The SMILES string of the molecule is Nc1ccc(C(=O)N(CCO)C2CCC2)cc1. The highest BCUT2D eigenvalue weighted by molar-refractivity contribution is 5.94. The van der Waals surface area contributed by atoms with Gasteiger partial charge in [0, 0.05) is 23.8 Å². The molecule has 0 atom stereocenters. The number of rotatable bonds is 4. The molecule has 1 fully saturated rings. The van der Waals surface area contributed by atoms with Crippen LogP contribution in [0.5, 0.6) is 0 Å². The van der Waals surface area contributed by atoms with Gasteiger partial charge in [-0.2, -0.15) is 0 Å². The summed E-state index contributed by atoms with van der Waals surface area (Å²) in [6, 6.07) is 7.23. The first-order valence-corrected chi connectivity index (χ1v) is 5.99. The normalized spacial score (nSPS) is 15.4. The smallest absolute Gasteiger partial charge is 0.254 e. The predicted octanol–water partition coefficient (Wildman–Crippen LogP) is 1.26. The molecule has 0 heterocycles. The van der Waals surface area contributed by atoms with E-state index in [9.17, 15) is 4.79 Å². The molecule has 1 aliphatic rings. The molecule has 0 bridgehead atoms. The van der Waals surface area contributed by atoms with Crippen molar-refractivity contribution >= 4 is 11.6 Å². The summed E-state index contributed by atoms with van der Waals surface area (Å²) in [6.07, 6.45) is 3.25. The van der Waals surface area contributed by atoms with E-state index in [0.717, 1.165) is 12.8 Å². The summed E-state index contributed by atoms with van der Waals surface area (Å²) < 4.78 is 0. The van der Waals surface area contributed by atoms with Crippen LogP contribution in [0.4, 0.5) is 5.69 Å². The quantitative estimate of drug-likeness (QED) is 0.771. The zero-order valence-electron chi connectivity index (χ0n) is 9.80. The molecule has 0 saturated heterocycles. The lowest BCUT2D eigenvalue weighted by Crippen LogP contribution is -2.45. The molecule has 92 valence electrons. The Labute approximate surface area is 101 Å². The zero-order valence-corrected chi connectivity index (χ0v) is 9.80. The summed E-state index contributed by atoms with van der Waals surface area (Å²) in [7, 11) is 0. The molecule has 1 amide bonds. The maximum atomic E-state index is 12.3. The summed E-state index contributed by atoms with van der Waals surface area (Å²) >= 11 is 0. The van der Waals surface area contributed by atoms with E-state index in [0.29, 0.717) is 23.8 Å². The highest BCUT2D eigenvalue weighted by Crippen LogP contribution is 2.26. The molecule has 1 aliphatic carbocycles. The van der Waals surface area contributed by atoms with Crippen molar-refractivity contribution in [1.82, 2.24) is 4.90 Å². The van der Waals surface area contributed by atoms with Crippen molar-refractivity contribution in [3.63, 3.8) is 0 Å². The molecule has 0 radical (unpaired) electrons. The van der Waals surface area contributed by atoms with Gasteiger partial charge in [-0.3, -0.25) is 4.79 Å². The van der Waals surface area contributed by atoms with Gasteiger partial charge >= 0.3 is 0 Å². The minimum atomic E-state index is -0.0104. The highest BCUT2D eigenvalue weighted by atomic mass is 16.3. The monoisotopic (exact) mass is 234 g/mol. The van der Waals surface area contributed by atoms with Crippen LogP contribution >= 0.6 is 0 Å². The fourth-order valence-electron chi connectivity index (χ4n) is 2.05. The third kappa shape index (κ3) is 2.58. The second kappa shape index (κ2) is 5.19. The third-order valence-corrected chi connectivity index (χ3v) is 3.27. The Balaban J connectivity index is 2.12. The number of aliphatic hydroxyl groups excluding tert-OH is 1. The van der Waals surface area contributed by atoms with Crippen molar-refractivity contribution in [3.05, 3.63) is 29.8 Å². The molecular formula is C13H18N2O2. The van der Waals surface area contributed by atoms with Gasteiger partial charge in [0.1, 0.15) is 0 Å². The Morgan fingerprint density at radius 1 is 1.35 bits per heavy atom. The Morgan fingerprint density at radius 3 is 2.47 bits per heavy atom. The number of anilines is 1. The van der Waals surface area contributed by atoms with Gasteiger partial charge in [0.25, 0.3) is 5.91 Å². The van der Waals surface area contributed by atoms with Crippen molar-refractivity contribution < 1.29 is 9.90 Å². The second-order valence-corrected chi connectivity index (χ2v) is 4.43. The lowest BCUT2D eigenvalue weighted by atomic mass is 9.91. The molecule has 0 aliphatic heterocycles. The second-order valence-electron chi connectivity index (χ2n) is 4.43. The van der Waals surface area contributed by atoms with Crippen molar-refractivity contribution in [2.75, 3.05) is 18.9 Å². The van der Waals surface area contributed by atoms with E-state index in [1.807, 2.05) is 0 Å². The maximum absolute atomic E-state index is 12.3. The standard InChI is InChI=1S/C13H18N2O2/c14-11-6-4-10(5-7-11)13(17)15(8-9-16)12-2-1-3-12/h4-7,12,16H,1-3,8-9,14H2. The number of nitrogens with two attached hydrogens (primary N) is 1. The number of amides is 1. The van der Waals surface area contributed by atoms with Crippen LogP contribution in [0.1, 0.15) is 29.6 Å². The fraction of sp³-hybridized carbons (Fsp3) is 0.462. The van der Waals surface area contributed by atoms with Crippen LogP contribution in [0.2, 0.25) is 0 Å². The number of nitrogens with zero attached hydrogens (tertiary/aromatic N) is 1. The van der Waals surface area contributed by atoms with Crippen LogP contribution in [0, 0.1) is 0 Å². The Morgan fingerprint density at radius 2 is 2.00 bits per heavy atom. The number of nitrogen functional groups attached to an aromatic ring is 1. The number of hydrogen-bond donors (Lipinski definition) is 2. The lowest BCUT2D eigenvalue weighted by molar-refractivity contribution is 0.0526. The first-order valence-electron chi connectivity index (χ1n) is 5.99. The first-order chi connectivity index (χ1) is 8.22. The molecule has 3 N–H and O–H groups in total. The number of carbonyl (C=O) groups excluding carboxylic acids is 1. The van der Waals surface area contributed by atoms with E-state index >= 15 is 0 Å². The van der Waals surface area contributed by atoms with E-state index in [1.54, 1.807) is 29.2 Å². The minimum Gasteiger partial charge on any atom is -0.399 e. The van der Waals surface area contributed by atoms with Gasteiger partial charge in [-0.05, 0) is 43.5 Å². The Bertz CT molecular complexity index is 385. The predicted molar refractivity (Wildman–Crippen MR) is 66.6 cm³/mol.